The van der Waals surface area contributed by atoms with Gasteiger partial charge in [-0.2, -0.15) is 18.0 Å². The fourth-order valence-corrected chi connectivity index (χ4v) is 2.47. The van der Waals surface area contributed by atoms with Crippen LogP contribution in [0.4, 0.5) is 9.59 Å². The average molecular weight is 254 g/mol. The van der Waals surface area contributed by atoms with Gasteiger partial charge in [-0.25, -0.2) is 0 Å². The molecule has 0 aliphatic carbocycles. The van der Waals surface area contributed by atoms with E-state index in [-0.39, 0.29) is 13.1 Å². The van der Waals surface area contributed by atoms with E-state index < -0.39 is 26.5 Å². The van der Waals surface area contributed by atoms with Crippen LogP contribution in [-0.2, 0) is 10.3 Å². The van der Waals surface area contributed by atoms with Crippen molar-refractivity contribution >= 4 is 22.5 Å². The Morgan fingerprint density at radius 2 is 1.50 bits per heavy atom. The fraction of sp³-hybridized carbons (Fsp3) is 0.667. The molecule has 0 unspecified atom stereocenters. The molecule has 0 aromatic rings. The molecular weight excluding hydrogens is 244 g/mol. The first-order valence-electron chi connectivity index (χ1n) is 4.32. The van der Waals surface area contributed by atoms with E-state index in [0.717, 1.165) is 0 Å². The number of imide groups is 1. The molecule has 9 nitrogen and oxygen atoms in total. The monoisotopic (exact) mass is 254 g/mol. The third-order valence-electron chi connectivity index (χ3n) is 2.32. The Kier molecular flexibility index (Phi) is 3.19. The van der Waals surface area contributed by atoms with E-state index in [2.05, 4.69) is 0 Å². The number of nitrogens with zero attached hydrogens (tertiary/aromatic N) is 2. The van der Waals surface area contributed by atoms with Crippen LogP contribution in [0.2, 0.25) is 0 Å². The first kappa shape index (κ1) is 12.8. The molecule has 1 heterocycles. The Labute approximate surface area is 90.9 Å². The highest BCUT2D eigenvalue weighted by atomic mass is 32.2. The highest BCUT2D eigenvalue weighted by Gasteiger charge is 2.59. The summed E-state index contributed by atoms with van der Waals surface area (Å²) in [5.41, 5.74) is 0. The van der Waals surface area contributed by atoms with Gasteiger partial charge in [-0.05, 0) is 12.8 Å². The molecule has 0 bridgehead atoms. The van der Waals surface area contributed by atoms with E-state index >= 15 is 0 Å². The molecule has 1 rings (SSSR count). The number of rotatable bonds is 2. The molecule has 2 N–H and O–H groups in total. The Balaban J connectivity index is 3.39. The number of quaternary nitrogens is 1. The summed E-state index contributed by atoms with van der Waals surface area (Å²) in [6.07, 6.45) is -3.58. The lowest BCUT2D eigenvalue weighted by atomic mass is 10.4. The minimum atomic E-state index is -5.59. The van der Waals surface area contributed by atoms with E-state index in [4.69, 9.17) is 10.2 Å². The molecule has 1 fully saturated rings. The number of amides is 2. The maximum absolute atomic E-state index is 10.9. The maximum Gasteiger partial charge on any atom is 0.560 e. The highest BCUT2D eigenvalue weighted by Crippen LogP contribution is 2.25. The fourth-order valence-electron chi connectivity index (χ4n) is 1.64. The SMILES string of the molecule is O=C(O)[N+](C(=O)O)(N1CCCC1)S(=O)(=O)[O-]. The predicted molar refractivity (Wildman–Crippen MR) is 46.8 cm³/mol. The summed E-state index contributed by atoms with van der Waals surface area (Å²) in [7, 11) is -5.59. The van der Waals surface area contributed by atoms with Gasteiger partial charge in [0.05, 0.1) is 17.1 Å². The zero-order chi connectivity index (χ0) is 12.6. The molecule has 16 heavy (non-hydrogen) atoms. The second-order valence-corrected chi connectivity index (χ2v) is 4.61. The number of hydrogen-bond donors (Lipinski definition) is 2. The summed E-state index contributed by atoms with van der Waals surface area (Å²) in [4.78, 5) is 21.7. The summed E-state index contributed by atoms with van der Waals surface area (Å²) in [6, 6.07) is 0. The molecule has 0 atom stereocenters. The van der Waals surface area contributed by atoms with Crippen LogP contribution in [0.3, 0.4) is 0 Å². The van der Waals surface area contributed by atoms with Crippen molar-refractivity contribution in [1.29, 1.82) is 0 Å². The van der Waals surface area contributed by atoms with Gasteiger partial charge >= 0.3 is 12.2 Å². The van der Waals surface area contributed by atoms with Gasteiger partial charge in [-0.15, -0.1) is 5.01 Å². The van der Waals surface area contributed by atoms with Crippen LogP contribution >= 0.6 is 0 Å². The van der Waals surface area contributed by atoms with E-state index in [1.54, 1.807) is 0 Å². The zero-order valence-corrected chi connectivity index (χ0v) is 8.88. The second-order valence-electron chi connectivity index (χ2n) is 3.23. The lowest BCUT2D eigenvalue weighted by Gasteiger charge is -2.33. The van der Waals surface area contributed by atoms with Gasteiger partial charge in [0.15, 0.2) is 0 Å². The van der Waals surface area contributed by atoms with Gasteiger partial charge in [0.25, 0.3) is 10.3 Å². The summed E-state index contributed by atoms with van der Waals surface area (Å²) in [6.45, 7) is -0.139. The minimum Gasteiger partial charge on any atom is -0.699 e. The quantitative estimate of drug-likeness (QED) is 0.503. The normalized spacial score (nSPS) is 18.6. The largest absolute Gasteiger partial charge is 0.699 e. The van der Waals surface area contributed by atoms with Gasteiger partial charge in [0, 0.05) is 0 Å². The van der Waals surface area contributed by atoms with Gasteiger partial charge in [0.1, 0.15) is 0 Å². The standard InChI is InChI=1S/C6H10N2O7S/c9-5(10)8(6(11)12,16(13,14)15)7-3-1-2-4-7/h1-4H2,(H2-,9,10,11,12,13,14,15). The van der Waals surface area contributed by atoms with Gasteiger partial charge in [0.2, 0.25) is 0 Å². The summed E-state index contributed by atoms with van der Waals surface area (Å²) in [5.74, 6) is 0. The first-order valence-corrected chi connectivity index (χ1v) is 5.68. The molecule has 0 radical (unpaired) electrons. The van der Waals surface area contributed by atoms with Gasteiger partial charge in [-0.1, -0.05) is 0 Å². The van der Waals surface area contributed by atoms with Crippen LogP contribution < -0.4 is 0 Å². The van der Waals surface area contributed by atoms with Crippen LogP contribution in [-0.4, -0.2) is 57.5 Å². The van der Waals surface area contributed by atoms with Crippen molar-refractivity contribution in [3.8, 4) is 0 Å². The van der Waals surface area contributed by atoms with Crippen LogP contribution in [0.5, 0.6) is 0 Å². The lowest BCUT2D eigenvalue weighted by Crippen LogP contribution is -2.67. The predicted octanol–water partition coefficient (Wildman–Crippen LogP) is -0.370. The topological polar surface area (TPSA) is 135 Å². The Morgan fingerprint density at radius 3 is 1.75 bits per heavy atom. The molecule has 0 spiro atoms. The van der Waals surface area contributed by atoms with E-state index in [1.165, 1.54) is 0 Å². The van der Waals surface area contributed by atoms with Crippen molar-refractivity contribution in [2.24, 2.45) is 0 Å². The molecule has 1 saturated heterocycles. The molecule has 10 heteroatoms. The van der Waals surface area contributed by atoms with Crippen LogP contribution in [0.15, 0.2) is 0 Å². The maximum atomic E-state index is 10.9. The van der Waals surface area contributed by atoms with Crippen molar-refractivity contribution in [3.05, 3.63) is 0 Å². The Bertz CT molecular complexity index is 397. The summed E-state index contributed by atoms with van der Waals surface area (Å²) >= 11 is 0. The van der Waals surface area contributed by atoms with Crippen molar-refractivity contribution in [2.45, 2.75) is 12.8 Å². The van der Waals surface area contributed by atoms with E-state index in [9.17, 15) is 22.6 Å². The number of carboxylic acid groups (broad SMARTS) is 2. The molecule has 0 saturated carbocycles. The number of carbonyl (C=O) groups is 2. The molecule has 2 amide bonds. The average Bonchev–Trinajstić information content (AvgIpc) is 2.53. The smallest absolute Gasteiger partial charge is 0.560 e. The van der Waals surface area contributed by atoms with E-state index in [0.29, 0.717) is 17.9 Å². The molecule has 0 aromatic heterocycles. The summed E-state index contributed by atoms with van der Waals surface area (Å²) in [5, 5.41) is 18.1. The second kappa shape index (κ2) is 3.97. The van der Waals surface area contributed by atoms with Crippen LogP contribution in [0.25, 0.3) is 0 Å². The Hall–Kier alpha value is -1.23. The molecular formula is C6H10N2O7S. The van der Waals surface area contributed by atoms with Crippen molar-refractivity contribution in [1.82, 2.24) is 5.01 Å². The Morgan fingerprint density at radius 1 is 1.12 bits per heavy atom. The third kappa shape index (κ3) is 1.65. The van der Waals surface area contributed by atoms with Crippen LogP contribution in [0.1, 0.15) is 12.8 Å². The zero-order valence-electron chi connectivity index (χ0n) is 8.07. The third-order valence-corrected chi connectivity index (χ3v) is 3.51. The molecule has 92 valence electrons. The summed E-state index contributed by atoms with van der Waals surface area (Å²) < 4.78 is 30.2. The van der Waals surface area contributed by atoms with Crippen molar-refractivity contribution in [3.63, 3.8) is 0 Å². The van der Waals surface area contributed by atoms with Gasteiger partial charge in [-0.3, -0.25) is 0 Å². The van der Waals surface area contributed by atoms with E-state index in [1.807, 2.05) is 0 Å². The van der Waals surface area contributed by atoms with Crippen molar-refractivity contribution < 1.29 is 36.8 Å². The molecule has 0 aromatic carbocycles. The highest BCUT2D eigenvalue weighted by molar-refractivity contribution is 7.80. The van der Waals surface area contributed by atoms with Gasteiger partial charge < -0.3 is 14.8 Å². The molecule has 1 aliphatic rings. The molecule has 1 aliphatic heterocycles. The number of hydrogen-bond acceptors (Lipinski definition) is 6. The lowest BCUT2D eigenvalue weighted by molar-refractivity contribution is -0.795. The first-order chi connectivity index (χ1) is 7.24. The van der Waals surface area contributed by atoms with Crippen molar-refractivity contribution in [2.75, 3.05) is 13.1 Å². The minimum absolute atomic E-state index is 0.0694. The van der Waals surface area contributed by atoms with Crippen LogP contribution in [0, 0.1) is 0 Å².